The van der Waals surface area contributed by atoms with E-state index >= 15 is 0 Å². The van der Waals surface area contributed by atoms with Crippen molar-refractivity contribution in [2.45, 2.75) is 18.9 Å². The summed E-state index contributed by atoms with van der Waals surface area (Å²) in [4.78, 5) is 13.4. The van der Waals surface area contributed by atoms with Crippen molar-refractivity contribution < 1.29 is 24.1 Å². The van der Waals surface area contributed by atoms with Gasteiger partial charge in [0.15, 0.2) is 23.0 Å². The summed E-state index contributed by atoms with van der Waals surface area (Å²) in [5.74, 6) is 1.91. The van der Waals surface area contributed by atoms with Gasteiger partial charge in [-0.3, -0.25) is 4.79 Å². The van der Waals surface area contributed by atoms with Gasteiger partial charge in [-0.2, -0.15) is 0 Å². The van der Waals surface area contributed by atoms with E-state index in [1.165, 1.54) is 5.56 Å². The van der Waals surface area contributed by atoms with E-state index in [9.17, 15) is 9.90 Å². The minimum atomic E-state index is -0.0347. The Morgan fingerprint density at radius 1 is 1.28 bits per heavy atom. The van der Waals surface area contributed by atoms with Crippen LogP contribution in [0.25, 0.3) is 11.1 Å². The van der Waals surface area contributed by atoms with Crippen LogP contribution >= 0.6 is 0 Å². The van der Waals surface area contributed by atoms with Crippen molar-refractivity contribution in [3.8, 4) is 34.1 Å². The molecule has 1 aliphatic carbocycles. The predicted octanol–water partition coefficient (Wildman–Crippen LogP) is 2.41. The van der Waals surface area contributed by atoms with Crippen LogP contribution in [0.3, 0.4) is 0 Å². The van der Waals surface area contributed by atoms with Gasteiger partial charge in [0.25, 0.3) is 0 Å². The number of benzene rings is 2. The fraction of sp³-hybridized carbons (Fsp3) is 0.316. The number of nitrogens with zero attached hydrogens (tertiary/aromatic N) is 1. The van der Waals surface area contributed by atoms with Crippen molar-refractivity contribution in [1.82, 2.24) is 4.90 Å². The molecule has 0 saturated carbocycles. The van der Waals surface area contributed by atoms with Gasteiger partial charge in [0, 0.05) is 17.7 Å². The van der Waals surface area contributed by atoms with Crippen LogP contribution in [0.15, 0.2) is 18.2 Å². The number of hydrogen-bond donors (Lipinski definition) is 1. The van der Waals surface area contributed by atoms with Crippen molar-refractivity contribution >= 4 is 6.41 Å². The lowest BCUT2D eigenvalue weighted by Crippen LogP contribution is -2.37. The van der Waals surface area contributed by atoms with Gasteiger partial charge in [-0.05, 0) is 41.7 Å². The molecule has 6 heteroatoms. The van der Waals surface area contributed by atoms with Gasteiger partial charge in [-0.25, -0.2) is 0 Å². The molecule has 2 aromatic rings. The molecule has 0 unspecified atom stereocenters. The van der Waals surface area contributed by atoms with Gasteiger partial charge in [0.05, 0.1) is 13.2 Å². The maximum Gasteiger partial charge on any atom is 0.231 e. The minimum Gasteiger partial charge on any atom is -0.504 e. The van der Waals surface area contributed by atoms with E-state index in [-0.39, 0.29) is 18.6 Å². The molecule has 0 saturated heterocycles. The lowest BCUT2D eigenvalue weighted by Gasteiger charge is -2.40. The normalized spacial score (nSPS) is 19.2. The maximum absolute atomic E-state index is 11.6. The fourth-order valence-electron chi connectivity index (χ4n) is 4.33. The highest BCUT2D eigenvalue weighted by atomic mass is 16.7. The van der Waals surface area contributed by atoms with Gasteiger partial charge in [0.2, 0.25) is 13.2 Å². The SMILES string of the molecule is COc1c(O)ccc2c1-c1c3c(cc4c1[C@H](C2)N(C=O)CC4)OCO3. The van der Waals surface area contributed by atoms with E-state index in [1.54, 1.807) is 13.2 Å². The van der Waals surface area contributed by atoms with Crippen LogP contribution in [-0.2, 0) is 17.6 Å². The number of phenolic OH excluding ortho intramolecular Hbond substituents is 1. The first-order chi connectivity index (χ1) is 12.2. The zero-order chi connectivity index (χ0) is 17.1. The monoisotopic (exact) mass is 339 g/mol. The molecule has 0 spiro atoms. The summed E-state index contributed by atoms with van der Waals surface area (Å²) in [6, 6.07) is 5.52. The Morgan fingerprint density at radius 2 is 2.16 bits per heavy atom. The number of aromatic hydroxyl groups is 1. The number of carbonyl (C=O) groups excluding carboxylic acids is 1. The second-order valence-electron chi connectivity index (χ2n) is 6.52. The Hall–Kier alpha value is -2.89. The molecule has 3 aliphatic rings. The molecule has 2 aliphatic heterocycles. The van der Waals surface area contributed by atoms with Gasteiger partial charge >= 0.3 is 0 Å². The molecule has 1 amide bonds. The number of fused-ring (bicyclic) bond motifs is 4. The number of amides is 1. The Balaban J connectivity index is 1.89. The van der Waals surface area contributed by atoms with E-state index < -0.39 is 0 Å². The molecule has 0 radical (unpaired) electrons. The number of methoxy groups -OCH3 is 1. The number of ether oxygens (including phenoxy) is 3. The molecule has 5 rings (SSSR count). The summed E-state index contributed by atoms with van der Waals surface area (Å²) in [6.07, 6.45) is 2.37. The number of phenols is 1. The Bertz CT molecular complexity index is 907. The van der Waals surface area contributed by atoms with Gasteiger partial charge in [-0.15, -0.1) is 0 Å². The summed E-state index contributed by atoms with van der Waals surface area (Å²) in [5.41, 5.74) is 4.99. The standard InChI is InChI=1S/C19H17NO5/c1-23-18-13(22)3-2-10-6-12-15-11(4-5-20(12)8-21)7-14-19(25-9-24-14)17(15)16(10)18/h2-3,7-8,12,22H,4-6,9H2,1H3/t12-/m0/s1. The summed E-state index contributed by atoms with van der Waals surface area (Å²) in [5, 5.41) is 10.3. The van der Waals surface area contributed by atoms with E-state index in [0.29, 0.717) is 30.2 Å². The molecule has 6 nitrogen and oxygen atoms in total. The van der Waals surface area contributed by atoms with Crippen LogP contribution in [0.1, 0.15) is 22.7 Å². The Morgan fingerprint density at radius 3 is 2.96 bits per heavy atom. The Kier molecular flexibility index (Phi) is 2.92. The van der Waals surface area contributed by atoms with Crippen molar-refractivity contribution in [3.05, 3.63) is 34.9 Å². The smallest absolute Gasteiger partial charge is 0.231 e. The molecule has 1 atom stereocenters. The second-order valence-corrected chi connectivity index (χ2v) is 6.52. The van der Waals surface area contributed by atoms with Gasteiger partial charge < -0.3 is 24.2 Å². The molecular weight excluding hydrogens is 322 g/mol. The first kappa shape index (κ1) is 14.5. The average molecular weight is 339 g/mol. The molecule has 128 valence electrons. The minimum absolute atomic E-state index is 0.0347. The van der Waals surface area contributed by atoms with E-state index in [2.05, 4.69) is 0 Å². The van der Waals surface area contributed by atoms with Crippen LogP contribution in [0.2, 0.25) is 0 Å². The molecular formula is C19H17NO5. The molecule has 1 N–H and O–H groups in total. The molecule has 2 aromatic carbocycles. The lowest BCUT2D eigenvalue weighted by molar-refractivity contribution is -0.120. The summed E-state index contributed by atoms with van der Waals surface area (Å²) in [7, 11) is 1.55. The van der Waals surface area contributed by atoms with E-state index in [0.717, 1.165) is 35.1 Å². The summed E-state index contributed by atoms with van der Waals surface area (Å²) in [6.45, 7) is 0.856. The van der Waals surface area contributed by atoms with Crippen molar-refractivity contribution in [1.29, 1.82) is 0 Å². The van der Waals surface area contributed by atoms with E-state index in [4.69, 9.17) is 14.2 Å². The zero-order valence-corrected chi connectivity index (χ0v) is 13.7. The fourth-order valence-corrected chi connectivity index (χ4v) is 4.33. The molecule has 0 bridgehead atoms. The highest BCUT2D eigenvalue weighted by molar-refractivity contribution is 5.89. The van der Waals surface area contributed by atoms with E-state index in [1.807, 2.05) is 17.0 Å². The number of carbonyl (C=O) groups is 1. The highest BCUT2D eigenvalue weighted by Gasteiger charge is 2.40. The molecule has 25 heavy (non-hydrogen) atoms. The molecule has 2 heterocycles. The third-order valence-electron chi connectivity index (χ3n) is 5.39. The van der Waals surface area contributed by atoms with Crippen LogP contribution in [-0.4, -0.2) is 36.9 Å². The predicted molar refractivity (Wildman–Crippen MR) is 89.1 cm³/mol. The largest absolute Gasteiger partial charge is 0.504 e. The maximum atomic E-state index is 11.6. The second kappa shape index (κ2) is 5.05. The average Bonchev–Trinajstić information content (AvgIpc) is 3.10. The molecule has 0 aromatic heterocycles. The summed E-state index contributed by atoms with van der Waals surface area (Å²) >= 11 is 0. The van der Waals surface area contributed by atoms with Crippen LogP contribution in [0.4, 0.5) is 0 Å². The van der Waals surface area contributed by atoms with Gasteiger partial charge in [-0.1, -0.05) is 6.07 Å². The first-order valence-corrected chi connectivity index (χ1v) is 8.28. The van der Waals surface area contributed by atoms with Crippen molar-refractivity contribution in [2.24, 2.45) is 0 Å². The highest BCUT2D eigenvalue weighted by Crippen LogP contribution is 2.57. The van der Waals surface area contributed by atoms with Crippen molar-refractivity contribution in [2.75, 3.05) is 20.4 Å². The summed E-state index contributed by atoms with van der Waals surface area (Å²) < 4.78 is 16.9. The van der Waals surface area contributed by atoms with Crippen LogP contribution in [0.5, 0.6) is 23.0 Å². The third-order valence-corrected chi connectivity index (χ3v) is 5.39. The topological polar surface area (TPSA) is 68.2 Å². The van der Waals surface area contributed by atoms with Crippen molar-refractivity contribution in [3.63, 3.8) is 0 Å². The number of rotatable bonds is 2. The number of hydrogen-bond acceptors (Lipinski definition) is 5. The molecule has 0 fully saturated rings. The lowest BCUT2D eigenvalue weighted by atomic mass is 9.76. The zero-order valence-electron chi connectivity index (χ0n) is 13.7. The quantitative estimate of drug-likeness (QED) is 0.851. The van der Waals surface area contributed by atoms with Gasteiger partial charge in [0.1, 0.15) is 0 Å². The van der Waals surface area contributed by atoms with Crippen LogP contribution < -0.4 is 14.2 Å². The first-order valence-electron chi connectivity index (χ1n) is 8.28. The van der Waals surface area contributed by atoms with Crippen LogP contribution in [0, 0.1) is 0 Å². The Labute approximate surface area is 144 Å². The third kappa shape index (κ3) is 1.82.